The van der Waals surface area contributed by atoms with Gasteiger partial charge in [-0.25, -0.2) is 9.97 Å². The Morgan fingerprint density at radius 3 is 2.29 bits per heavy atom. The quantitative estimate of drug-likeness (QED) is 0.255. The Morgan fingerprint density at radius 2 is 1.59 bits per heavy atom. The highest BCUT2D eigenvalue weighted by Gasteiger charge is 2.15. The fourth-order valence-electron chi connectivity index (χ4n) is 3.64. The van der Waals surface area contributed by atoms with Gasteiger partial charge in [0.25, 0.3) is 0 Å². The summed E-state index contributed by atoms with van der Waals surface area (Å²) in [5.74, 6) is 3.12. The van der Waals surface area contributed by atoms with E-state index in [0.717, 1.165) is 55.7 Å². The third-order valence-corrected chi connectivity index (χ3v) is 6.51. The van der Waals surface area contributed by atoms with Crippen LogP contribution >= 0.6 is 22.9 Å². The number of anilines is 2. The molecule has 5 aromatic rings. The van der Waals surface area contributed by atoms with Gasteiger partial charge in [-0.15, -0.1) is 11.3 Å². The highest BCUT2D eigenvalue weighted by Crippen LogP contribution is 2.38. The average Bonchev–Trinajstić information content (AvgIpc) is 3.28. The van der Waals surface area contributed by atoms with Crippen molar-refractivity contribution >= 4 is 44.7 Å². The highest BCUT2D eigenvalue weighted by atomic mass is 35.5. The van der Waals surface area contributed by atoms with Gasteiger partial charge in [-0.1, -0.05) is 35.9 Å². The molecule has 0 aliphatic rings. The molecule has 0 atom stereocenters. The molecule has 5 rings (SSSR count). The van der Waals surface area contributed by atoms with E-state index in [0.29, 0.717) is 11.6 Å². The van der Waals surface area contributed by atoms with Crippen molar-refractivity contribution in [1.29, 1.82) is 0 Å². The molecule has 0 amide bonds. The fraction of sp³-hybridized carbons (Fsp3) is 0.111. The van der Waals surface area contributed by atoms with E-state index in [2.05, 4.69) is 27.8 Å². The summed E-state index contributed by atoms with van der Waals surface area (Å²) in [5.41, 5.74) is 4.17. The standard InChI is InChI=1S/C27H22ClN3O2S/c1-17-29-26(25-24(16-34-27(25)30-17)19-5-11-22(32-2)12-6-19)31-21-9-13-23(14-10-21)33-15-18-3-7-20(28)8-4-18/h3-14,16H,15H2,1-2H3,(H,29,30,31). The molecule has 0 spiro atoms. The number of ether oxygens (including phenoxy) is 2. The minimum Gasteiger partial charge on any atom is -0.497 e. The van der Waals surface area contributed by atoms with Crippen LogP contribution in [0, 0.1) is 6.92 Å². The maximum Gasteiger partial charge on any atom is 0.143 e. The maximum absolute atomic E-state index is 5.95. The van der Waals surface area contributed by atoms with Crippen LogP contribution in [-0.2, 0) is 6.61 Å². The van der Waals surface area contributed by atoms with E-state index < -0.39 is 0 Å². The van der Waals surface area contributed by atoms with E-state index in [9.17, 15) is 0 Å². The van der Waals surface area contributed by atoms with Crippen molar-refractivity contribution in [3.8, 4) is 22.6 Å². The summed E-state index contributed by atoms with van der Waals surface area (Å²) >= 11 is 7.56. The molecule has 0 unspecified atom stereocenters. The first-order valence-electron chi connectivity index (χ1n) is 10.7. The van der Waals surface area contributed by atoms with Crippen LogP contribution in [0.1, 0.15) is 11.4 Å². The third kappa shape index (κ3) is 4.83. The molecule has 0 bridgehead atoms. The molecule has 2 aromatic heterocycles. The van der Waals surface area contributed by atoms with Gasteiger partial charge in [0.1, 0.15) is 34.6 Å². The lowest BCUT2D eigenvalue weighted by atomic mass is 10.1. The van der Waals surface area contributed by atoms with Crippen LogP contribution in [0.15, 0.2) is 78.2 Å². The lowest BCUT2D eigenvalue weighted by Crippen LogP contribution is -1.99. The molecule has 3 aromatic carbocycles. The van der Waals surface area contributed by atoms with Gasteiger partial charge in [-0.3, -0.25) is 0 Å². The average molecular weight is 488 g/mol. The van der Waals surface area contributed by atoms with Crippen LogP contribution in [0.25, 0.3) is 21.3 Å². The van der Waals surface area contributed by atoms with E-state index in [1.165, 1.54) is 0 Å². The smallest absolute Gasteiger partial charge is 0.143 e. The van der Waals surface area contributed by atoms with Crippen LogP contribution in [0.2, 0.25) is 5.02 Å². The van der Waals surface area contributed by atoms with Gasteiger partial charge in [0.2, 0.25) is 0 Å². The summed E-state index contributed by atoms with van der Waals surface area (Å²) in [7, 11) is 1.67. The molecule has 170 valence electrons. The molecule has 2 heterocycles. The van der Waals surface area contributed by atoms with Crippen molar-refractivity contribution in [2.45, 2.75) is 13.5 Å². The van der Waals surface area contributed by atoms with Crippen LogP contribution in [0.3, 0.4) is 0 Å². The Labute approximate surface area is 207 Å². The number of fused-ring (bicyclic) bond motifs is 1. The second kappa shape index (κ2) is 9.71. The van der Waals surface area contributed by atoms with E-state index in [-0.39, 0.29) is 0 Å². The first-order chi connectivity index (χ1) is 16.6. The predicted molar refractivity (Wildman–Crippen MR) is 140 cm³/mol. The molecule has 1 N–H and O–H groups in total. The minimum absolute atomic E-state index is 0.482. The second-order valence-corrected chi connectivity index (χ2v) is 9.04. The van der Waals surface area contributed by atoms with Gasteiger partial charge >= 0.3 is 0 Å². The highest BCUT2D eigenvalue weighted by molar-refractivity contribution is 7.17. The van der Waals surface area contributed by atoms with Crippen molar-refractivity contribution in [1.82, 2.24) is 9.97 Å². The summed E-state index contributed by atoms with van der Waals surface area (Å²) in [5, 5.41) is 7.32. The van der Waals surface area contributed by atoms with Crippen LogP contribution in [-0.4, -0.2) is 17.1 Å². The number of nitrogens with one attached hydrogen (secondary N) is 1. The summed E-state index contributed by atoms with van der Waals surface area (Å²) in [4.78, 5) is 10.3. The fourth-order valence-corrected chi connectivity index (χ4v) is 4.76. The van der Waals surface area contributed by atoms with E-state index in [4.69, 9.17) is 26.1 Å². The van der Waals surface area contributed by atoms with Crippen molar-refractivity contribution < 1.29 is 9.47 Å². The molecule has 0 aliphatic heterocycles. The zero-order chi connectivity index (χ0) is 23.5. The van der Waals surface area contributed by atoms with Gasteiger partial charge < -0.3 is 14.8 Å². The Balaban J connectivity index is 1.38. The number of hydrogen-bond acceptors (Lipinski definition) is 6. The summed E-state index contributed by atoms with van der Waals surface area (Å²) in [6.07, 6.45) is 0. The monoisotopic (exact) mass is 487 g/mol. The molecule has 5 nitrogen and oxygen atoms in total. The van der Waals surface area contributed by atoms with Gasteiger partial charge in [0, 0.05) is 21.7 Å². The van der Waals surface area contributed by atoms with Crippen LogP contribution in [0.4, 0.5) is 11.5 Å². The SMILES string of the molecule is COc1ccc(-c2csc3nc(C)nc(Nc4ccc(OCc5ccc(Cl)cc5)cc4)c23)cc1. The normalized spacial score (nSPS) is 10.9. The molecule has 0 fully saturated rings. The number of aromatic nitrogens is 2. The molecule has 0 aliphatic carbocycles. The first-order valence-corrected chi connectivity index (χ1v) is 12.0. The first kappa shape index (κ1) is 22.2. The number of hydrogen-bond donors (Lipinski definition) is 1. The number of nitrogens with zero attached hydrogens (tertiary/aromatic N) is 2. The van der Waals surface area contributed by atoms with Gasteiger partial charge in [-0.05, 0) is 66.6 Å². The topological polar surface area (TPSA) is 56.3 Å². The van der Waals surface area contributed by atoms with Crippen molar-refractivity contribution in [3.05, 3.63) is 94.6 Å². The second-order valence-electron chi connectivity index (χ2n) is 7.74. The Hall–Kier alpha value is -3.61. The molecule has 0 saturated heterocycles. The molecular weight excluding hydrogens is 466 g/mol. The summed E-state index contributed by atoms with van der Waals surface area (Å²) in [6.45, 7) is 2.39. The Morgan fingerprint density at radius 1 is 0.882 bits per heavy atom. The lowest BCUT2D eigenvalue weighted by Gasteiger charge is -2.11. The van der Waals surface area contributed by atoms with E-state index >= 15 is 0 Å². The van der Waals surface area contributed by atoms with Crippen molar-refractivity contribution in [3.63, 3.8) is 0 Å². The summed E-state index contributed by atoms with van der Waals surface area (Å²) in [6, 6.07) is 23.5. The number of thiophene rings is 1. The Kier molecular flexibility index (Phi) is 6.34. The number of halogens is 1. The number of rotatable bonds is 7. The van der Waals surface area contributed by atoms with Gasteiger partial charge in [0.05, 0.1) is 12.5 Å². The lowest BCUT2D eigenvalue weighted by molar-refractivity contribution is 0.306. The number of aryl methyl sites for hydroxylation is 1. The zero-order valence-corrected chi connectivity index (χ0v) is 20.3. The Bertz CT molecular complexity index is 1420. The van der Waals surface area contributed by atoms with Crippen molar-refractivity contribution in [2.75, 3.05) is 12.4 Å². The predicted octanol–water partition coefficient (Wildman–Crippen LogP) is 7.65. The largest absolute Gasteiger partial charge is 0.497 e. The molecule has 7 heteroatoms. The number of benzene rings is 3. The van der Waals surface area contributed by atoms with Crippen LogP contribution < -0.4 is 14.8 Å². The summed E-state index contributed by atoms with van der Waals surface area (Å²) < 4.78 is 11.2. The maximum atomic E-state index is 5.95. The molecule has 0 radical (unpaired) electrons. The van der Waals surface area contributed by atoms with Gasteiger partial charge in [-0.2, -0.15) is 0 Å². The van der Waals surface area contributed by atoms with Gasteiger partial charge in [0.15, 0.2) is 0 Å². The van der Waals surface area contributed by atoms with Crippen molar-refractivity contribution in [2.24, 2.45) is 0 Å². The third-order valence-electron chi connectivity index (χ3n) is 5.38. The molecular formula is C27H22ClN3O2S. The van der Waals surface area contributed by atoms with Crippen LogP contribution in [0.5, 0.6) is 11.5 Å². The zero-order valence-electron chi connectivity index (χ0n) is 18.7. The molecule has 0 saturated carbocycles. The molecule has 34 heavy (non-hydrogen) atoms. The minimum atomic E-state index is 0.482. The number of methoxy groups -OCH3 is 1. The van der Waals surface area contributed by atoms with E-state index in [1.807, 2.05) is 67.6 Å². The van der Waals surface area contributed by atoms with E-state index in [1.54, 1.807) is 18.4 Å².